The maximum absolute atomic E-state index is 12.3. The monoisotopic (exact) mass is 336 g/mol. The molecule has 0 unspecified atom stereocenters. The molecule has 0 bridgehead atoms. The zero-order valence-electron chi connectivity index (χ0n) is 12.1. The first-order chi connectivity index (χ1) is 10.3. The third-order valence-electron chi connectivity index (χ3n) is 3.05. The fourth-order valence-electron chi connectivity index (χ4n) is 1.81. The van der Waals surface area contributed by atoms with Crippen LogP contribution in [0.3, 0.4) is 0 Å². The van der Waals surface area contributed by atoms with E-state index < -0.39 is 10.8 Å². The molecule has 0 saturated carbocycles. The zero-order valence-corrected chi connectivity index (χ0v) is 13.6. The van der Waals surface area contributed by atoms with Gasteiger partial charge in [-0.05, 0) is 61.8 Å². The van der Waals surface area contributed by atoms with Gasteiger partial charge in [-0.3, -0.25) is 9.59 Å². The molecule has 2 aromatic carbocycles. The number of ketones is 1. The van der Waals surface area contributed by atoms with Gasteiger partial charge in [0.2, 0.25) is 0 Å². The summed E-state index contributed by atoms with van der Waals surface area (Å²) in [6.07, 6.45) is 0. The number of carbonyl (C=O) groups excluding carboxylic acids is 2. The summed E-state index contributed by atoms with van der Waals surface area (Å²) in [4.78, 5) is 23.6. The van der Waals surface area contributed by atoms with Crippen LogP contribution in [0, 0.1) is 0 Å². The minimum atomic E-state index is -1.12. The highest BCUT2D eigenvalue weighted by molar-refractivity contribution is 6.65. The summed E-state index contributed by atoms with van der Waals surface area (Å²) in [6.45, 7) is 3.15. The van der Waals surface area contributed by atoms with Crippen molar-refractivity contribution in [3.05, 3.63) is 64.7 Å². The second kappa shape index (κ2) is 6.51. The van der Waals surface area contributed by atoms with Gasteiger partial charge in [0.05, 0.1) is 0 Å². The van der Waals surface area contributed by atoms with E-state index in [0.717, 1.165) is 0 Å². The number of hydrogen-bond acceptors (Lipinski definition) is 3. The van der Waals surface area contributed by atoms with Crippen molar-refractivity contribution >= 4 is 34.2 Å². The molecule has 22 heavy (non-hydrogen) atoms. The number of halogens is 2. The molecular weight excluding hydrogens is 323 g/mol. The fourth-order valence-corrected chi connectivity index (χ4v) is 2.03. The maximum Gasteiger partial charge on any atom is 0.264 e. The molecule has 2 rings (SSSR count). The van der Waals surface area contributed by atoms with E-state index in [1.165, 1.54) is 0 Å². The quantitative estimate of drug-likeness (QED) is 0.596. The zero-order chi connectivity index (χ0) is 16.3. The predicted molar refractivity (Wildman–Crippen MR) is 86.9 cm³/mol. The molecule has 0 atom stereocenters. The van der Waals surface area contributed by atoms with Gasteiger partial charge in [-0.25, -0.2) is 0 Å². The SMILES string of the molecule is CC(C)(Oc1ccc(C(=O)c2cccc(Cl)c2)cc1)C(=O)Cl. The van der Waals surface area contributed by atoms with Crippen LogP contribution in [0.5, 0.6) is 5.75 Å². The van der Waals surface area contributed by atoms with Gasteiger partial charge in [0.15, 0.2) is 11.4 Å². The first-order valence-corrected chi connectivity index (χ1v) is 7.34. The summed E-state index contributed by atoms with van der Waals surface area (Å²) in [5, 5.41) is -0.0836. The Kier molecular flexibility index (Phi) is 4.89. The van der Waals surface area contributed by atoms with Crippen molar-refractivity contribution in [2.45, 2.75) is 19.4 Å². The Labute approximate surface area is 138 Å². The minimum absolute atomic E-state index is 0.137. The molecule has 3 nitrogen and oxygen atoms in total. The van der Waals surface area contributed by atoms with Crippen LogP contribution in [0.1, 0.15) is 29.8 Å². The highest BCUT2D eigenvalue weighted by atomic mass is 35.5. The number of ether oxygens (including phenoxy) is 1. The van der Waals surface area contributed by atoms with Crippen LogP contribution in [0.25, 0.3) is 0 Å². The van der Waals surface area contributed by atoms with E-state index in [4.69, 9.17) is 27.9 Å². The summed E-state index contributed by atoms with van der Waals surface area (Å²) in [5.74, 6) is 0.323. The van der Waals surface area contributed by atoms with Crippen molar-refractivity contribution < 1.29 is 14.3 Å². The van der Waals surface area contributed by atoms with Crippen LogP contribution in [0.15, 0.2) is 48.5 Å². The Hall–Kier alpha value is -1.84. The van der Waals surface area contributed by atoms with Crippen molar-refractivity contribution in [2.75, 3.05) is 0 Å². The molecule has 0 saturated heterocycles. The molecule has 0 N–H and O–H groups in total. The largest absolute Gasteiger partial charge is 0.479 e. The predicted octanol–water partition coefficient (Wildman–Crippen LogP) is 4.49. The van der Waals surface area contributed by atoms with Crippen molar-refractivity contribution in [2.24, 2.45) is 0 Å². The van der Waals surface area contributed by atoms with Gasteiger partial charge in [-0.1, -0.05) is 23.7 Å². The number of benzene rings is 2. The van der Waals surface area contributed by atoms with Crippen molar-refractivity contribution in [3.8, 4) is 5.75 Å². The summed E-state index contributed by atoms with van der Waals surface area (Å²) < 4.78 is 5.51. The molecule has 0 amide bonds. The van der Waals surface area contributed by atoms with Crippen LogP contribution in [0.2, 0.25) is 5.02 Å². The molecule has 2 aromatic rings. The fraction of sp³-hybridized carbons (Fsp3) is 0.176. The molecule has 0 spiro atoms. The van der Waals surface area contributed by atoms with Crippen LogP contribution in [-0.4, -0.2) is 16.6 Å². The lowest BCUT2D eigenvalue weighted by atomic mass is 10.0. The summed E-state index contributed by atoms with van der Waals surface area (Å²) in [7, 11) is 0. The Balaban J connectivity index is 2.19. The average molecular weight is 337 g/mol. The number of hydrogen-bond donors (Lipinski definition) is 0. The third-order valence-corrected chi connectivity index (χ3v) is 3.74. The van der Waals surface area contributed by atoms with E-state index in [1.54, 1.807) is 62.4 Å². The molecule has 114 valence electrons. The van der Waals surface area contributed by atoms with E-state index >= 15 is 0 Å². The highest BCUT2D eigenvalue weighted by Crippen LogP contribution is 2.22. The van der Waals surface area contributed by atoms with Crippen LogP contribution < -0.4 is 4.74 Å². The normalized spacial score (nSPS) is 11.1. The molecule has 0 aliphatic carbocycles. The van der Waals surface area contributed by atoms with Crippen molar-refractivity contribution in [1.82, 2.24) is 0 Å². The van der Waals surface area contributed by atoms with E-state index in [1.807, 2.05) is 0 Å². The topological polar surface area (TPSA) is 43.4 Å². The summed E-state index contributed by atoms with van der Waals surface area (Å²) in [6, 6.07) is 13.3. The first kappa shape index (κ1) is 16.5. The van der Waals surface area contributed by atoms with E-state index in [9.17, 15) is 9.59 Å². The average Bonchev–Trinajstić information content (AvgIpc) is 2.47. The molecule has 0 radical (unpaired) electrons. The molecule has 5 heteroatoms. The summed E-state index contributed by atoms with van der Waals surface area (Å²) >= 11 is 11.4. The van der Waals surface area contributed by atoms with Gasteiger partial charge >= 0.3 is 0 Å². The molecular formula is C17H14Cl2O3. The Morgan fingerprint density at radius 2 is 1.64 bits per heavy atom. The number of rotatable bonds is 5. The standard InChI is InChI=1S/C17H14Cl2O3/c1-17(2,16(19)21)22-14-8-6-11(7-9-14)15(20)12-4-3-5-13(18)10-12/h3-10H,1-2H3. The molecule has 0 fully saturated rings. The van der Waals surface area contributed by atoms with Crippen LogP contribution in [-0.2, 0) is 4.79 Å². The Bertz CT molecular complexity index is 706. The van der Waals surface area contributed by atoms with Crippen molar-refractivity contribution in [3.63, 3.8) is 0 Å². The Morgan fingerprint density at radius 3 is 2.18 bits per heavy atom. The minimum Gasteiger partial charge on any atom is -0.479 e. The molecule has 0 aliphatic rings. The van der Waals surface area contributed by atoms with E-state index in [-0.39, 0.29) is 5.78 Å². The smallest absolute Gasteiger partial charge is 0.264 e. The highest BCUT2D eigenvalue weighted by Gasteiger charge is 2.28. The second-order valence-corrected chi connectivity index (χ2v) is 6.03. The lowest BCUT2D eigenvalue weighted by Crippen LogP contribution is -2.34. The molecule has 0 aromatic heterocycles. The third kappa shape index (κ3) is 3.87. The van der Waals surface area contributed by atoms with Crippen LogP contribution in [0.4, 0.5) is 0 Å². The second-order valence-electron chi connectivity index (χ2n) is 5.25. The van der Waals surface area contributed by atoms with Gasteiger partial charge in [0.1, 0.15) is 5.75 Å². The van der Waals surface area contributed by atoms with E-state index in [2.05, 4.69) is 0 Å². The van der Waals surface area contributed by atoms with Gasteiger partial charge in [0, 0.05) is 16.1 Å². The van der Waals surface area contributed by atoms with Crippen molar-refractivity contribution in [1.29, 1.82) is 0 Å². The van der Waals surface area contributed by atoms with Gasteiger partial charge < -0.3 is 4.74 Å². The van der Waals surface area contributed by atoms with Gasteiger partial charge in [-0.2, -0.15) is 0 Å². The number of carbonyl (C=O) groups is 2. The van der Waals surface area contributed by atoms with E-state index in [0.29, 0.717) is 21.9 Å². The van der Waals surface area contributed by atoms with Crippen LogP contribution >= 0.6 is 23.2 Å². The van der Waals surface area contributed by atoms with Gasteiger partial charge in [0.25, 0.3) is 5.24 Å². The maximum atomic E-state index is 12.3. The Morgan fingerprint density at radius 1 is 1.00 bits per heavy atom. The molecule has 0 heterocycles. The first-order valence-electron chi connectivity index (χ1n) is 6.59. The lowest BCUT2D eigenvalue weighted by molar-refractivity contribution is -0.123. The molecule has 0 aliphatic heterocycles. The lowest BCUT2D eigenvalue weighted by Gasteiger charge is -2.21. The van der Waals surface area contributed by atoms with Gasteiger partial charge in [-0.15, -0.1) is 0 Å². The summed E-state index contributed by atoms with van der Waals surface area (Å²) in [5.41, 5.74) is -0.109.